The Morgan fingerprint density at radius 3 is 2.63 bits per heavy atom. The number of anilines is 4. The summed E-state index contributed by atoms with van der Waals surface area (Å²) in [5.41, 5.74) is 4.79. The third-order valence-corrected chi connectivity index (χ3v) is 13.0. The van der Waals surface area contributed by atoms with Crippen molar-refractivity contribution in [2.24, 2.45) is 23.7 Å². The second-order valence-corrected chi connectivity index (χ2v) is 18.2. The second kappa shape index (κ2) is 13.8. The van der Waals surface area contributed by atoms with Crippen LogP contribution in [0.1, 0.15) is 32.6 Å². The van der Waals surface area contributed by atoms with E-state index in [0.29, 0.717) is 17.9 Å². The lowest BCUT2D eigenvalue weighted by Crippen LogP contribution is -2.53. The molecule has 1 aromatic heterocycles. The Balaban J connectivity index is 1.12. The maximum Gasteiger partial charge on any atom is 0.459 e. The van der Waals surface area contributed by atoms with Crippen molar-refractivity contribution in [1.82, 2.24) is 19.9 Å². The number of carbonyl (C=O) groups is 1. The van der Waals surface area contributed by atoms with Gasteiger partial charge in [0.25, 0.3) is 0 Å². The van der Waals surface area contributed by atoms with Gasteiger partial charge >= 0.3 is 19.9 Å². The van der Waals surface area contributed by atoms with Gasteiger partial charge < -0.3 is 40.2 Å². The van der Waals surface area contributed by atoms with Gasteiger partial charge in [-0.05, 0) is 62.3 Å². The molecule has 0 spiro atoms. The SMILES string of the molecule is C[C@]1(O)C(N2CNc3c(NNS(C)(=O)=O)nc(N)nc32)OC(COP(=O)(NC23CC2[C@H]2CCCC(C(F)(F)F)C2COC3=O)Oc2ccc(Cl)cc2)[C@H]1O. The zero-order valence-corrected chi connectivity index (χ0v) is 31.2. The molecule has 2 aromatic rings. The molecule has 7 rings (SSSR count). The first-order valence-corrected chi connectivity index (χ1v) is 20.7. The summed E-state index contributed by atoms with van der Waals surface area (Å²) in [6.45, 7) is 0.0770. The smallest absolute Gasteiger partial charge is 0.459 e. The Morgan fingerprint density at radius 1 is 1.22 bits per heavy atom. The van der Waals surface area contributed by atoms with Gasteiger partial charge in [-0.2, -0.15) is 28.2 Å². The van der Waals surface area contributed by atoms with E-state index >= 15 is 0 Å². The van der Waals surface area contributed by atoms with Gasteiger partial charge in [0.2, 0.25) is 16.0 Å². The normalized spacial score (nSPS) is 34.4. The number of esters is 1. The van der Waals surface area contributed by atoms with Crippen molar-refractivity contribution in [2.75, 3.05) is 47.5 Å². The first-order valence-electron chi connectivity index (χ1n) is 16.9. The van der Waals surface area contributed by atoms with Crippen LogP contribution < -0.4 is 35.8 Å². The number of sulfonamides is 1. The zero-order chi connectivity index (χ0) is 39.0. The standard InChI is InChI=1S/C30H39ClF3N8O10PS/c1-28(45)22(43)20(51-25(28)42-13-36-21-23(39-41-54(2,47)48)37-27(35)38-24(21)42)12-50-53(46,52-15-8-6-14(31)7-9-15)40-29-10-19(29)16-4-3-5-18(30(32,33)34)17(16)11-49-26(29)44/h6-9,16-20,22,25,36,41,43,45H,3-5,10-13H2,1-2H3,(H,40,46)(H3,35,37,38,39)/t16-,17?,18?,19?,20?,22+,25?,28+,29?,53?/m0/s1. The number of nitrogens with zero attached hydrogens (tertiary/aromatic N) is 3. The number of ether oxygens (including phenoxy) is 2. The number of halogens is 4. The zero-order valence-electron chi connectivity index (χ0n) is 28.7. The van der Waals surface area contributed by atoms with E-state index in [0.717, 1.165) is 6.26 Å². The van der Waals surface area contributed by atoms with Crippen LogP contribution in [0, 0.1) is 23.7 Å². The van der Waals surface area contributed by atoms with Gasteiger partial charge in [0.05, 0.1) is 32.1 Å². The van der Waals surface area contributed by atoms with E-state index in [4.69, 9.17) is 35.9 Å². The Labute approximate surface area is 312 Å². The molecule has 0 amide bonds. The average Bonchev–Trinajstić information content (AvgIpc) is 3.60. The minimum atomic E-state index is -4.67. The van der Waals surface area contributed by atoms with E-state index in [1.807, 2.05) is 0 Å². The summed E-state index contributed by atoms with van der Waals surface area (Å²) in [5.74, 6) is -4.94. The van der Waals surface area contributed by atoms with Crippen LogP contribution >= 0.6 is 19.3 Å². The Morgan fingerprint density at radius 2 is 1.94 bits per heavy atom. The van der Waals surface area contributed by atoms with Crippen LogP contribution in [0.5, 0.6) is 5.75 Å². The predicted octanol–water partition coefficient (Wildman–Crippen LogP) is 2.32. The first kappa shape index (κ1) is 39.0. The summed E-state index contributed by atoms with van der Waals surface area (Å²) < 4.78 is 103. The highest BCUT2D eigenvalue weighted by atomic mass is 35.5. The average molecular weight is 827 g/mol. The van der Waals surface area contributed by atoms with Crippen LogP contribution in [0.3, 0.4) is 0 Å². The van der Waals surface area contributed by atoms with E-state index in [9.17, 15) is 41.2 Å². The number of cyclic esters (lactones) is 1. The molecule has 0 bridgehead atoms. The molecule has 5 aliphatic rings. The van der Waals surface area contributed by atoms with Crippen LogP contribution in [0.4, 0.5) is 36.4 Å². The number of hydrazine groups is 1. The molecule has 2 aliphatic carbocycles. The van der Waals surface area contributed by atoms with E-state index in [1.165, 1.54) is 36.1 Å². The fourth-order valence-corrected chi connectivity index (χ4v) is 10.2. The Hall–Kier alpha value is -3.21. The monoisotopic (exact) mass is 826 g/mol. The number of aliphatic hydroxyl groups excluding tert-OH is 1. The van der Waals surface area contributed by atoms with Gasteiger partial charge in [0, 0.05) is 10.9 Å². The summed E-state index contributed by atoms with van der Waals surface area (Å²) >= 11 is 6.02. The topological polar surface area (TPSA) is 249 Å². The number of carbonyl (C=O) groups excluding carboxylic acids is 1. The molecule has 7 unspecified atom stereocenters. The predicted molar refractivity (Wildman–Crippen MR) is 185 cm³/mol. The molecule has 3 aliphatic heterocycles. The number of aliphatic hydroxyl groups is 2. The molecule has 18 nitrogen and oxygen atoms in total. The number of nitrogens with two attached hydrogens (primary N) is 1. The molecule has 2 saturated heterocycles. The van der Waals surface area contributed by atoms with Gasteiger partial charge in [-0.25, -0.2) is 13.0 Å². The fourth-order valence-electron chi connectivity index (χ4n) is 8.01. The lowest BCUT2D eigenvalue weighted by atomic mass is 9.69. The summed E-state index contributed by atoms with van der Waals surface area (Å²) in [6.07, 6.45) is -7.33. The molecule has 10 atom stereocenters. The number of alkyl halides is 3. The number of rotatable bonds is 11. The molecular weight excluding hydrogens is 788 g/mol. The summed E-state index contributed by atoms with van der Waals surface area (Å²) in [6, 6.07) is 5.68. The number of nitrogens with one attached hydrogen (secondary N) is 4. The van der Waals surface area contributed by atoms with E-state index in [2.05, 4.69) is 30.6 Å². The number of nitrogen functional groups attached to an aromatic ring is 1. The Kier molecular flexibility index (Phi) is 9.95. The number of fused-ring (bicyclic) bond motifs is 4. The van der Waals surface area contributed by atoms with Gasteiger partial charge in [-0.1, -0.05) is 18.0 Å². The fraction of sp³-hybridized carbons (Fsp3) is 0.633. The van der Waals surface area contributed by atoms with Crippen molar-refractivity contribution in [1.29, 1.82) is 0 Å². The minimum Gasteiger partial charge on any atom is -0.464 e. The van der Waals surface area contributed by atoms with Crippen LogP contribution in [0.25, 0.3) is 0 Å². The van der Waals surface area contributed by atoms with Crippen LogP contribution in [-0.4, -0.2) is 96.5 Å². The third kappa shape index (κ3) is 7.39. The van der Waals surface area contributed by atoms with Crippen LogP contribution in [0.15, 0.2) is 24.3 Å². The second-order valence-electron chi connectivity index (χ2n) is 14.4. The molecule has 24 heteroatoms. The third-order valence-electron chi connectivity index (χ3n) is 10.6. The number of hydrogen-bond donors (Lipinski definition) is 7. The van der Waals surface area contributed by atoms with Crippen LogP contribution in [-0.2, 0) is 33.4 Å². The van der Waals surface area contributed by atoms with Crippen molar-refractivity contribution in [3.63, 3.8) is 0 Å². The largest absolute Gasteiger partial charge is 0.464 e. The highest BCUT2D eigenvalue weighted by Gasteiger charge is 2.71. The summed E-state index contributed by atoms with van der Waals surface area (Å²) in [7, 11) is -8.38. The van der Waals surface area contributed by atoms with Gasteiger partial charge in [-0.3, -0.25) is 14.7 Å². The van der Waals surface area contributed by atoms with Crippen molar-refractivity contribution in [2.45, 2.75) is 68.4 Å². The number of aromatic nitrogens is 2. The van der Waals surface area contributed by atoms with E-state index in [-0.39, 0.29) is 48.5 Å². The van der Waals surface area contributed by atoms with Gasteiger partial charge in [-0.15, -0.1) is 4.83 Å². The molecule has 298 valence electrons. The molecular formula is C30H39ClF3N8O10PS. The summed E-state index contributed by atoms with van der Waals surface area (Å²) in [4.78, 5) is 25.2. The maximum absolute atomic E-state index is 14.7. The van der Waals surface area contributed by atoms with Crippen molar-refractivity contribution in [3.05, 3.63) is 29.3 Å². The maximum atomic E-state index is 14.7. The summed E-state index contributed by atoms with van der Waals surface area (Å²) in [5, 5.41) is 28.8. The molecule has 54 heavy (non-hydrogen) atoms. The quantitative estimate of drug-likeness (QED) is 0.0976. The van der Waals surface area contributed by atoms with Crippen molar-refractivity contribution < 1.29 is 59.7 Å². The molecule has 2 saturated carbocycles. The van der Waals surface area contributed by atoms with E-state index < -0.39 is 96.4 Å². The lowest BCUT2D eigenvalue weighted by molar-refractivity contribution is -0.208. The molecule has 8 N–H and O–H groups in total. The molecule has 4 heterocycles. The van der Waals surface area contributed by atoms with Crippen molar-refractivity contribution in [3.8, 4) is 5.75 Å². The van der Waals surface area contributed by atoms with Crippen LogP contribution in [0.2, 0.25) is 5.02 Å². The lowest BCUT2D eigenvalue weighted by Gasteiger charge is -2.38. The van der Waals surface area contributed by atoms with Gasteiger partial charge in [0.15, 0.2) is 17.9 Å². The molecule has 0 radical (unpaired) electrons. The minimum absolute atomic E-state index is 0.00283. The molecule has 1 aromatic carbocycles. The highest BCUT2D eigenvalue weighted by molar-refractivity contribution is 7.88. The van der Waals surface area contributed by atoms with E-state index in [1.54, 1.807) is 0 Å². The highest BCUT2D eigenvalue weighted by Crippen LogP contribution is 2.63. The number of hydrogen-bond acceptors (Lipinski definition) is 16. The van der Waals surface area contributed by atoms with Gasteiger partial charge in [0.1, 0.15) is 34.8 Å². The first-order chi connectivity index (χ1) is 25.2. The van der Waals surface area contributed by atoms with Crippen molar-refractivity contribution >= 4 is 58.6 Å². The molecule has 4 fully saturated rings. The Bertz CT molecular complexity index is 1950. The number of benzene rings is 1.